The number of aromatic amines is 1. The van der Waals surface area contributed by atoms with Gasteiger partial charge in [-0.3, -0.25) is 5.10 Å². The monoisotopic (exact) mass is 430 g/mol. The van der Waals surface area contributed by atoms with Gasteiger partial charge < -0.3 is 19.9 Å². The third kappa shape index (κ3) is 3.65. The lowest BCUT2D eigenvalue weighted by Gasteiger charge is -2.26. The van der Waals surface area contributed by atoms with E-state index in [1.165, 1.54) is 5.56 Å². The molecule has 0 amide bonds. The molecule has 0 bridgehead atoms. The van der Waals surface area contributed by atoms with Gasteiger partial charge in [0.2, 0.25) is 11.8 Å². The zero-order chi connectivity index (χ0) is 22.8. The van der Waals surface area contributed by atoms with Crippen molar-refractivity contribution in [1.82, 2.24) is 10.2 Å². The summed E-state index contributed by atoms with van der Waals surface area (Å²) in [5.74, 6) is 1.52. The fraction of sp³-hybridized carbons (Fsp3) is 0.280. The lowest BCUT2D eigenvalue weighted by atomic mass is 9.82. The summed E-state index contributed by atoms with van der Waals surface area (Å²) < 4.78 is 16.9. The van der Waals surface area contributed by atoms with Crippen molar-refractivity contribution in [3.05, 3.63) is 70.6 Å². The highest BCUT2D eigenvalue weighted by atomic mass is 16.5. The molecule has 3 N–H and O–H groups in total. The van der Waals surface area contributed by atoms with Gasteiger partial charge in [-0.25, -0.2) is 0 Å². The third-order valence-corrected chi connectivity index (χ3v) is 5.57. The molecule has 32 heavy (non-hydrogen) atoms. The maximum atomic E-state index is 9.96. The van der Waals surface area contributed by atoms with E-state index in [2.05, 4.69) is 54.4 Å². The van der Waals surface area contributed by atoms with Crippen LogP contribution in [0, 0.1) is 17.2 Å². The number of nitrogens with one attached hydrogen (secondary N) is 1. The fourth-order valence-electron chi connectivity index (χ4n) is 4.19. The van der Waals surface area contributed by atoms with Crippen molar-refractivity contribution in [2.45, 2.75) is 26.2 Å². The molecule has 0 unspecified atom stereocenters. The quantitative estimate of drug-likeness (QED) is 0.596. The normalized spacial score (nSPS) is 15.2. The van der Waals surface area contributed by atoms with Crippen LogP contribution in [0.2, 0.25) is 0 Å². The number of allylic oxidation sites excluding steroid dienone is 1. The van der Waals surface area contributed by atoms with Crippen LogP contribution in [0.4, 0.5) is 0 Å². The summed E-state index contributed by atoms with van der Waals surface area (Å²) in [5, 5.41) is 17.4. The van der Waals surface area contributed by atoms with Crippen molar-refractivity contribution in [3.8, 4) is 34.7 Å². The van der Waals surface area contributed by atoms with E-state index >= 15 is 0 Å². The highest BCUT2D eigenvalue weighted by molar-refractivity contribution is 5.72. The standard InChI is InChI=1S/C25H26N4O3/c1-14(2)12-15-8-10-16(11-9-15)22-21-20(17-6-5-7-19(30-3)23(17)31-4)18(13-26)24(27)32-25(21)29-28-22/h5-11,14,20H,12,27H2,1-4H3,(H,28,29)/t20-/m1/s1. The summed E-state index contributed by atoms with van der Waals surface area (Å²) in [6.07, 6.45) is 1.01. The SMILES string of the molecule is COc1cccc([C@@H]2C(C#N)=C(N)Oc3n[nH]c(-c4ccc(CC(C)C)cc4)c32)c1OC. The number of aromatic nitrogens is 2. The van der Waals surface area contributed by atoms with Gasteiger partial charge in [0, 0.05) is 11.1 Å². The largest absolute Gasteiger partial charge is 0.493 e. The number of nitrogens with zero attached hydrogens (tertiary/aromatic N) is 2. The number of ether oxygens (including phenoxy) is 3. The Bertz CT molecular complexity index is 1200. The fourth-order valence-corrected chi connectivity index (χ4v) is 4.19. The molecule has 7 nitrogen and oxygen atoms in total. The minimum Gasteiger partial charge on any atom is -0.493 e. The van der Waals surface area contributed by atoms with Gasteiger partial charge in [-0.2, -0.15) is 5.26 Å². The highest BCUT2D eigenvalue weighted by Crippen LogP contribution is 2.49. The molecule has 2 heterocycles. The van der Waals surface area contributed by atoms with Gasteiger partial charge in [0.1, 0.15) is 11.6 Å². The average molecular weight is 431 g/mol. The number of fused-ring (bicyclic) bond motifs is 1. The molecule has 7 heteroatoms. The Hall–Kier alpha value is -3.92. The summed E-state index contributed by atoms with van der Waals surface area (Å²) in [5.41, 5.74) is 10.9. The lowest BCUT2D eigenvalue weighted by molar-refractivity contribution is 0.348. The van der Waals surface area contributed by atoms with E-state index in [4.69, 9.17) is 19.9 Å². The van der Waals surface area contributed by atoms with Crippen LogP contribution in [0.25, 0.3) is 11.3 Å². The van der Waals surface area contributed by atoms with E-state index in [0.717, 1.165) is 28.8 Å². The molecule has 2 aromatic carbocycles. The number of para-hydroxylation sites is 1. The van der Waals surface area contributed by atoms with Crippen LogP contribution in [0.15, 0.2) is 53.9 Å². The molecule has 0 aliphatic carbocycles. The van der Waals surface area contributed by atoms with Gasteiger partial charge in [-0.1, -0.05) is 50.2 Å². The summed E-state index contributed by atoms with van der Waals surface area (Å²) in [4.78, 5) is 0. The van der Waals surface area contributed by atoms with Gasteiger partial charge in [-0.15, -0.1) is 5.10 Å². The van der Waals surface area contributed by atoms with Crippen LogP contribution in [-0.4, -0.2) is 24.4 Å². The van der Waals surface area contributed by atoms with Gasteiger partial charge in [-0.05, 0) is 24.0 Å². The summed E-state index contributed by atoms with van der Waals surface area (Å²) in [7, 11) is 3.15. The number of nitriles is 1. The van der Waals surface area contributed by atoms with Crippen LogP contribution < -0.4 is 19.9 Å². The number of benzene rings is 2. The van der Waals surface area contributed by atoms with Crippen molar-refractivity contribution in [1.29, 1.82) is 5.26 Å². The first-order valence-electron chi connectivity index (χ1n) is 10.4. The number of rotatable bonds is 6. The molecule has 3 aromatic rings. The van der Waals surface area contributed by atoms with Crippen LogP contribution in [0.5, 0.6) is 17.4 Å². The van der Waals surface area contributed by atoms with E-state index < -0.39 is 5.92 Å². The summed E-state index contributed by atoms with van der Waals surface area (Å²) >= 11 is 0. The number of hydrogen-bond donors (Lipinski definition) is 2. The maximum absolute atomic E-state index is 9.96. The summed E-state index contributed by atoms with van der Waals surface area (Å²) in [6.45, 7) is 4.39. The van der Waals surface area contributed by atoms with E-state index in [9.17, 15) is 5.26 Å². The molecule has 1 aromatic heterocycles. The third-order valence-electron chi connectivity index (χ3n) is 5.57. The number of methoxy groups -OCH3 is 2. The molecule has 0 saturated heterocycles. The minimum atomic E-state index is -0.530. The molecular weight excluding hydrogens is 404 g/mol. The second-order valence-corrected chi connectivity index (χ2v) is 8.12. The second kappa shape index (κ2) is 8.67. The Morgan fingerprint density at radius 3 is 2.53 bits per heavy atom. The van der Waals surface area contributed by atoms with Crippen LogP contribution in [0.3, 0.4) is 0 Å². The molecule has 0 fully saturated rings. The van der Waals surface area contributed by atoms with Gasteiger partial charge in [0.05, 0.1) is 31.4 Å². The predicted molar refractivity (Wildman–Crippen MR) is 121 cm³/mol. The Morgan fingerprint density at radius 2 is 1.91 bits per heavy atom. The molecule has 0 radical (unpaired) electrons. The van der Waals surface area contributed by atoms with Gasteiger partial charge >= 0.3 is 0 Å². The zero-order valence-corrected chi connectivity index (χ0v) is 18.6. The smallest absolute Gasteiger partial charge is 0.244 e. The lowest BCUT2D eigenvalue weighted by Crippen LogP contribution is -2.21. The molecular formula is C25H26N4O3. The van der Waals surface area contributed by atoms with Crippen molar-refractivity contribution in [2.75, 3.05) is 14.2 Å². The average Bonchev–Trinajstić information content (AvgIpc) is 3.20. The molecule has 0 saturated carbocycles. The Balaban J connectivity index is 1.89. The Labute approximate surface area is 187 Å². The zero-order valence-electron chi connectivity index (χ0n) is 18.6. The van der Waals surface area contributed by atoms with E-state index in [1.807, 2.05) is 18.2 Å². The van der Waals surface area contributed by atoms with Gasteiger partial charge in [0.15, 0.2) is 11.5 Å². The molecule has 1 aliphatic heterocycles. The maximum Gasteiger partial charge on any atom is 0.244 e. The molecule has 1 aliphatic rings. The van der Waals surface area contributed by atoms with Crippen molar-refractivity contribution < 1.29 is 14.2 Å². The first-order valence-corrected chi connectivity index (χ1v) is 10.4. The van der Waals surface area contributed by atoms with Crippen molar-refractivity contribution in [3.63, 3.8) is 0 Å². The summed E-state index contributed by atoms with van der Waals surface area (Å²) in [6, 6.07) is 16.1. The van der Waals surface area contributed by atoms with Crippen LogP contribution in [0.1, 0.15) is 36.5 Å². The van der Waals surface area contributed by atoms with E-state index in [-0.39, 0.29) is 5.88 Å². The first-order chi connectivity index (χ1) is 15.5. The van der Waals surface area contributed by atoms with Crippen LogP contribution in [-0.2, 0) is 6.42 Å². The number of hydrogen-bond acceptors (Lipinski definition) is 6. The second-order valence-electron chi connectivity index (χ2n) is 8.12. The topological polar surface area (TPSA) is 106 Å². The van der Waals surface area contributed by atoms with Crippen molar-refractivity contribution in [2.24, 2.45) is 11.7 Å². The first kappa shape index (κ1) is 21.3. The number of H-pyrrole nitrogens is 1. The van der Waals surface area contributed by atoms with E-state index in [0.29, 0.717) is 28.9 Å². The highest BCUT2D eigenvalue weighted by Gasteiger charge is 2.37. The van der Waals surface area contributed by atoms with Crippen LogP contribution >= 0.6 is 0 Å². The molecule has 164 valence electrons. The minimum absolute atomic E-state index is 0.0280. The Morgan fingerprint density at radius 1 is 1.16 bits per heavy atom. The van der Waals surface area contributed by atoms with E-state index in [1.54, 1.807) is 14.2 Å². The number of nitrogens with two attached hydrogens (primary N) is 1. The van der Waals surface area contributed by atoms with Gasteiger partial charge in [0.25, 0.3) is 0 Å². The molecule has 1 atom stereocenters. The molecule has 4 rings (SSSR count). The molecule has 0 spiro atoms. The predicted octanol–water partition coefficient (Wildman–Crippen LogP) is 4.51. The van der Waals surface area contributed by atoms with Crippen molar-refractivity contribution >= 4 is 0 Å². The Kier molecular flexibility index (Phi) is 5.78.